The summed E-state index contributed by atoms with van der Waals surface area (Å²) < 4.78 is 32.2. The van der Waals surface area contributed by atoms with E-state index in [0.29, 0.717) is 12.0 Å². The molecule has 0 bridgehead atoms. The summed E-state index contributed by atoms with van der Waals surface area (Å²) in [4.78, 5) is 12.4. The second-order valence-electron chi connectivity index (χ2n) is 6.02. The van der Waals surface area contributed by atoms with Crippen LogP contribution in [0.1, 0.15) is 74.7 Å². The van der Waals surface area contributed by atoms with Gasteiger partial charge in [0.25, 0.3) is 10.1 Å². The van der Waals surface area contributed by atoms with Gasteiger partial charge in [-0.1, -0.05) is 70.2 Å². The minimum Gasteiger partial charge on any atom is -0.293 e. The molecule has 0 spiro atoms. The third-order valence-corrected chi connectivity index (χ3v) is 5.20. The van der Waals surface area contributed by atoms with Gasteiger partial charge in [-0.2, -0.15) is 8.42 Å². The van der Waals surface area contributed by atoms with Crippen molar-refractivity contribution in [1.29, 1.82) is 0 Å². The highest BCUT2D eigenvalue weighted by Gasteiger charge is 2.30. The first-order valence-corrected chi connectivity index (χ1v) is 10.00. The highest BCUT2D eigenvalue weighted by Crippen LogP contribution is 2.17. The first kappa shape index (κ1) is 19.8. The molecule has 0 saturated carbocycles. The van der Waals surface area contributed by atoms with E-state index in [2.05, 4.69) is 6.92 Å². The zero-order chi connectivity index (χ0) is 17.3. The highest BCUT2D eigenvalue weighted by molar-refractivity contribution is 7.87. The van der Waals surface area contributed by atoms with Gasteiger partial charge in [0.1, 0.15) is 5.25 Å². The number of benzene rings is 1. The predicted molar refractivity (Wildman–Crippen MR) is 93.5 cm³/mol. The van der Waals surface area contributed by atoms with Gasteiger partial charge in [0, 0.05) is 5.56 Å². The lowest BCUT2D eigenvalue weighted by Crippen LogP contribution is -2.30. The van der Waals surface area contributed by atoms with E-state index in [0.717, 1.165) is 24.8 Å². The van der Waals surface area contributed by atoms with Gasteiger partial charge in [-0.25, -0.2) is 0 Å². The summed E-state index contributed by atoms with van der Waals surface area (Å²) in [7, 11) is -4.36. The Morgan fingerprint density at radius 1 is 1.00 bits per heavy atom. The second kappa shape index (κ2) is 9.83. The SMILES string of the molecule is CCCCCCc1ccc(C(=O)C(CCCC)S(=O)(=O)O)cc1. The third-order valence-electron chi connectivity index (χ3n) is 4.03. The quantitative estimate of drug-likeness (QED) is 0.367. The average Bonchev–Trinajstić information content (AvgIpc) is 2.51. The Hall–Kier alpha value is -1.20. The number of rotatable bonds is 11. The van der Waals surface area contributed by atoms with Crippen molar-refractivity contribution in [1.82, 2.24) is 0 Å². The molecule has 0 aliphatic carbocycles. The molecule has 0 aliphatic rings. The number of hydrogen-bond acceptors (Lipinski definition) is 3. The largest absolute Gasteiger partial charge is 0.293 e. The predicted octanol–water partition coefficient (Wildman–Crippen LogP) is 4.44. The maximum Gasteiger partial charge on any atom is 0.275 e. The van der Waals surface area contributed by atoms with E-state index >= 15 is 0 Å². The summed E-state index contributed by atoms with van der Waals surface area (Å²) in [5, 5.41) is -1.35. The van der Waals surface area contributed by atoms with Gasteiger partial charge >= 0.3 is 0 Å². The molecule has 1 rings (SSSR count). The fourth-order valence-corrected chi connectivity index (χ4v) is 3.45. The number of Topliss-reactive ketones (excluding diaryl/α,β-unsaturated/α-hetero) is 1. The Bertz CT molecular complexity index is 576. The van der Waals surface area contributed by atoms with Crippen LogP contribution >= 0.6 is 0 Å². The van der Waals surface area contributed by atoms with Crippen LogP contribution < -0.4 is 0 Å². The van der Waals surface area contributed by atoms with Crippen LogP contribution in [0, 0.1) is 0 Å². The molecule has 1 unspecified atom stereocenters. The normalized spacial score (nSPS) is 13.0. The van der Waals surface area contributed by atoms with Gasteiger partial charge in [0.05, 0.1) is 0 Å². The van der Waals surface area contributed by atoms with Gasteiger partial charge < -0.3 is 0 Å². The van der Waals surface area contributed by atoms with E-state index < -0.39 is 21.2 Å². The highest BCUT2D eigenvalue weighted by atomic mass is 32.2. The maximum absolute atomic E-state index is 12.4. The molecule has 0 saturated heterocycles. The number of carbonyl (C=O) groups is 1. The fourth-order valence-electron chi connectivity index (χ4n) is 2.58. The second-order valence-corrected chi connectivity index (χ2v) is 7.62. The molecule has 1 aromatic rings. The number of aryl methyl sites for hydroxylation is 1. The smallest absolute Gasteiger partial charge is 0.275 e. The van der Waals surface area contributed by atoms with Crippen molar-refractivity contribution in [3.63, 3.8) is 0 Å². The molecule has 0 heterocycles. The number of hydrogen-bond donors (Lipinski definition) is 1. The molecule has 130 valence electrons. The van der Waals surface area contributed by atoms with Crippen LogP contribution in [-0.4, -0.2) is 24.0 Å². The molecule has 1 N–H and O–H groups in total. The molecule has 1 aromatic carbocycles. The molecule has 4 nitrogen and oxygen atoms in total. The van der Waals surface area contributed by atoms with E-state index in [9.17, 15) is 17.8 Å². The van der Waals surface area contributed by atoms with Crippen molar-refractivity contribution in [3.8, 4) is 0 Å². The lowest BCUT2D eigenvalue weighted by atomic mass is 10.0. The van der Waals surface area contributed by atoms with Crippen molar-refractivity contribution in [2.45, 2.75) is 70.5 Å². The minimum absolute atomic E-state index is 0.160. The van der Waals surface area contributed by atoms with Gasteiger partial charge in [-0.05, 0) is 24.8 Å². The molecule has 0 amide bonds. The summed E-state index contributed by atoms with van der Waals surface area (Å²) in [5.74, 6) is -0.515. The summed E-state index contributed by atoms with van der Waals surface area (Å²) in [6.45, 7) is 4.09. The van der Waals surface area contributed by atoms with Crippen molar-refractivity contribution in [2.75, 3.05) is 0 Å². The molecular weight excluding hydrogens is 312 g/mol. The lowest BCUT2D eigenvalue weighted by molar-refractivity contribution is 0.0980. The van der Waals surface area contributed by atoms with Crippen molar-refractivity contribution >= 4 is 15.9 Å². The van der Waals surface area contributed by atoms with Gasteiger partial charge in [0.15, 0.2) is 5.78 Å². The standard InChI is InChI=1S/C18H28O4S/c1-3-5-7-8-9-15-11-13-16(14-12-15)18(19)17(10-6-4-2)23(20,21)22/h11-14,17H,3-10H2,1-2H3,(H,20,21,22). The minimum atomic E-state index is -4.36. The van der Waals surface area contributed by atoms with E-state index in [-0.39, 0.29) is 6.42 Å². The van der Waals surface area contributed by atoms with E-state index in [4.69, 9.17) is 0 Å². The van der Waals surface area contributed by atoms with Crippen molar-refractivity contribution in [2.24, 2.45) is 0 Å². The van der Waals surface area contributed by atoms with Crippen molar-refractivity contribution in [3.05, 3.63) is 35.4 Å². The van der Waals surface area contributed by atoms with Crippen LogP contribution in [0.4, 0.5) is 0 Å². The Balaban J connectivity index is 2.74. The Morgan fingerprint density at radius 2 is 1.61 bits per heavy atom. The van der Waals surface area contributed by atoms with Gasteiger partial charge in [-0.15, -0.1) is 0 Å². The van der Waals surface area contributed by atoms with Crippen LogP contribution in [0.25, 0.3) is 0 Å². The van der Waals surface area contributed by atoms with Crippen LogP contribution in [0.3, 0.4) is 0 Å². The topological polar surface area (TPSA) is 71.4 Å². The van der Waals surface area contributed by atoms with Crippen LogP contribution in [0.2, 0.25) is 0 Å². The van der Waals surface area contributed by atoms with E-state index in [1.54, 1.807) is 12.1 Å². The average molecular weight is 340 g/mol. The lowest BCUT2D eigenvalue weighted by Gasteiger charge is -2.12. The zero-order valence-electron chi connectivity index (χ0n) is 14.1. The molecule has 23 heavy (non-hydrogen) atoms. The molecule has 5 heteroatoms. The van der Waals surface area contributed by atoms with Gasteiger partial charge in [-0.3, -0.25) is 9.35 Å². The first-order chi connectivity index (χ1) is 10.9. The van der Waals surface area contributed by atoms with E-state index in [1.807, 2.05) is 19.1 Å². The van der Waals surface area contributed by atoms with Gasteiger partial charge in [0.2, 0.25) is 0 Å². The molecule has 1 atom stereocenters. The summed E-state index contributed by atoms with van der Waals surface area (Å²) in [6, 6.07) is 7.09. The monoisotopic (exact) mass is 340 g/mol. The number of ketones is 1. The van der Waals surface area contributed by atoms with Crippen LogP contribution in [-0.2, 0) is 16.5 Å². The van der Waals surface area contributed by atoms with Crippen LogP contribution in [0.15, 0.2) is 24.3 Å². The fraction of sp³-hybridized carbons (Fsp3) is 0.611. The number of unbranched alkanes of at least 4 members (excludes halogenated alkanes) is 4. The Kier molecular flexibility index (Phi) is 8.48. The first-order valence-electron chi connectivity index (χ1n) is 8.49. The van der Waals surface area contributed by atoms with E-state index in [1.165, 1.54) is 19.3 Å². The third kappa shape index (κ3) is 6.83. The summed E-state index contributed by atoms with van der Waals surface area (Å²) in [5.41, 5.74) is 1.50. The molecule has 0 aromatic heterocycles. The Labute approximate surface area is 140 Å². The maximum atomic E-state index is 12.4. The molecule has 0 aliphatic heterocycles. The van der Waals surface area contributed by atoms with Crippen molar-refractivity contribution < 1.29 is 17.8 Å². The summed E-state index contributed by atoms with van der Waals surface area (Å²) in [6.07, 6.45) is 7.22. The Morgan fingerprint density at radius 3 is 2.13 bits per heavy atom. The number of carbonyl (C=O) groups excluding carboxylic acids is 1. The molecular formula is C18H28O4S. The molecule has 0 radical (unpaired) electrons. The zero-order valence-corrected chi connectivity index (χ0v) is 14.9. The van der Waals surface area contributed by atoms with Crippen LogP contribution in [0.5, 0.6) is 0 Å². The summed E-state index contributed by atoms with van der Waals surface area (Å²) >= 11 is 0. The molecule has 0 fully saturated rings.